The van der Waals surface area contributed by atoms with Crippen molar-refractivity contribution in [2.75, 3.05) is 19.8 Å². The largest absolute Gasteiger partial charge is 0.464 e. The van der Waals surface area contributed by atoms with Crippen LogP contribution >= 0.6 is 7.75 Å². The molecule has 1 aliphatic rings. The van der Waals surface area contributed by atoms with Gasteiger partial charge >= 0.3 is 19.4 Å². The van der Waals surface area contributed by atoms with E-state index in [1.54, 1.807) is 49.5 Å². The van der Waals surface area contributed by atoms with Crippen LogP contribution in [0.5, 0.6) is 5.75 Å². The number of hydrogen-bond acceptors (Lipinski definition) is 9. The zero-order chi connectivity index (χ0) is 31.4. The molecule has 1 aromatic heterocycles. The van der Waals surface area contributed by atoms with Gasteiger partial charge in [-0.05, 0) is 55.9 Å². The van der Waals surface area contributed by atoms with Gasteiger partial charge in [-0.1, -0.05) is 75.2 Å². The number of nitrogens with zero attached hydrogens (tertiary/aromatic N) is 2. The second-order valence-electron chi connectivity index (χ2n) is 10.8. The molecule has 0 aliphatic carbocycles. The fraction of sp³-hybridized carbons (Fsp3) is 0.469. The Hall–Kier alpha value is -3.34. The minimum Gasteiger partial charge on any atom is -0.464 e. The van der Waals surface area contributed by atoms with Crippen molar-refractivity contribution >= 4 is 13.7 Å². The number of para-hydroxylation sites is 1. The van der Waals surface area contributed by atoms with Crippen LogP contribution < -0.4 is 15.3 Å². The molecule has 0 radical (unpaired) electrons. The van der Waals surface area contributed by atoms with Crippen molar-refractivity contribution < 1.29 is 32.6 Å². The molecule has 44 heavy (non-hydrogen) atoms. The maximum absolute atomic E-state index is 14.3. The molecule has 4 rings (SSSR count). The molecule has 0 saturated carbocycles. The Morgan fingerprint density at radius 1 is 1.07 bits per heavy atom. The average Bonchev–Trinajstić information content (AvgIpc) is 3.48. The number of hydrogen-bond donors (Lipinski definition) is 1. The summed E-state index contributed by atoms with van der Waals surface area (Å²) in [6.07, 6.45) is 3.97. The van der Waals surface area contributed by atoms with Gasteiger partial charge < -0.3 is 18.7 Å². The highest BCUT2D eigenvalue weighted by Gasteiger charge is 2.37. The van der Waals surface area contributed by atoms with E-state index in [0.717, 1.165) is 31.2 Å². The van der Waals surface area contributed by atoms with Crippen LogP contribution in [0.15, 0.2) is 77.7 Å². The van der Waals surface area contributed by atoms with Gasteiger partial charge in [-0.15, -0.1) is 0 Å². The van der Waals surface area contributed by atoms with Gasteiger partial charge in [0, 0.05) is 11.9 Å². The van der Waals surface area contributed by atoms with Crippen molar-refractivity contribution in [3.8, 4) is 5.75 Å². The lowest BCUT2D eigenvalue weighted by Crippen LogP contribution is -2.40. The van der Waals surface area contributed by atoms with Crippen molar-refractivity contribution in [2.24, 2.45) is 5.92 Å². The summed E-state index contributed by atoms with van der Waals surface area (Å²) in [5.41, 5.74) is 0.960. The molecule has 238 valence electrons. The van der Waals surface area contributed by atoms with E-state index in [1.807, 2.05) is 30.3 Å². The third-order valence-corrected chi connectivity index (χ3v) is 8.67. The molecule has 3 aromatic rings. The number of benzene rings is 2. The molecule has 0 spiro atoms. The van der Waals surface area contributed by atoms with Gasteiger partial charge in [-0.25, -0.2) is 9.36 Å². The first kappa shape index (κ1) is 33.6. The second kappa shape index (κ2) is 16.7. The summed E-state index contributed by atoms with van der Waals surface area (Å²) in [6, 6.07) is 18.6. The molecular weight excluding hydrogens is 585 g/mol. The summed E-state index contributed by atoms with van der Waals surface area (Å²) in [4.78, 5) is 29.8. The fourth-order valence-electron chi connectivity index (χ4n) is 4.91. The molecule has 1 fully saturated rings. The second-order valence-corrected chi connectivity index (χ2v) is 12.4. The molecule has 12 heteroatoms. The van der Waals surface area contributed by atoms with Crippen LogP contribution in [0.4, 0.5) is 0 Å². The van der Waals surface area contributed by atoms with Crippen LogP contribution in [-0.2, 0) is 34.5 Å². The Labute approximate surface area is 258 Å². The molecule has 11 nitrogen and oxygen atoms in total. The quantitative estimate of drug-likeness (QED) is 0.150. The van der Waals surface area contributed by atoms with Gasteiger partial charge in [0.15, 0.2) is 12.5 Å². The molecule has 0 amide bonds. The minimum absolute atomic E-state index is 0.0651. The first-order valence-electron chi connectivity index (χ1n) is 15.1. The molecule has 4 atom stereocenters. The molecule has 2 aromatic carbocycles. The number of ether oxygens (including phenoxy) is 3. The SMILES string of the molecule is CCCC(CCC)COC(=O)[C@H](Cc1ccccc1)NP(=O)(OC[C@H]1OC[C@@H](n2ccc(C)nc2=O)O1)Oc1ccccc1. The Kier molecular flexibility index (Phi) is 12.7. The smallest absolute Gasteiger partial charge is 0.459 e. The molecule has 1 N–H and O–H groups in total. The summed E-state index contributed by atoms with van der Waals surface area (Å²) in [5, 5.41) is 2.86. The maximum atomic E-state index is 14.3. The van der Waals surface area contributed by atoms with Crippen LogP contribution in [-0.4, -0.2) is 47.7 Å². The lowest BCUT2D eigenvalue weighted by Gasteiger charge is -2.26. The zero-order valence-electron chi connectivity index (χ0n) is 25.5. The molecule has 0 bridgehead atoms. The number of aromatic nitrogens is 2. The predicted molar refractivity (Wildman–Crippen MR) is 165 cm³/mol. The van der Waals surface area contributed by atoms with Crippen LogP contribution in [0.25, 0.3) is 0 Å². The Bertz CT molecular complexity index is 1420. The van der Waals surface area contributed by atoms with Crippen LogP contribution in [0, 0.1) is 12.8 Å². The minimum atomic E-state index is -4.21. The lowest BCUT2D eigenvalue weighted by atomic mass is 9.99. The van der Waals surface area contributed by atoms with E-state index >= 15 is 0 Å². The number of esters is 1. The monoisotopic (exact) mass is 627 g/mol. The number of rotatable bonds is 17. The first-order chi connectivity index (χ1) is 21.3. The lowest BCUT2D eigenvalue weighted by molar-refractivity contribution is -0.147. The van der Waals surface area contributed by atoms with Crippen LogP contribution in [0.2, 0.25) is 0 Å². The number of nitrogens with one attached hydrogen (secondary N) is 1. The molecule has 1 aliphatic heterocycles. The van der Waals surface area contributed by atoms with Gasteiger partial charge in [0.25, 0.3) is 0 Å². The van der Waals surface area contributed by atoms with Crippen molar-refractivity contribution in [2.45, 2.75) is 71.4 Å². The standard InChI is InChI=1S/C32H42N3O8P/c1-4-12-26(13-5-2)21-40-31(36)28(20-25-14-8-6-9-15-25)34-44(38,43-27-16-10-7-11-17-27)41-23-30-39-22-29(42-30)35-19-18-24(3)33-32(35)37/h6-11,14-19,26,28-30H,4-5,12-13,20-23H2,1-3H3,(H,34,38)/t28-,29-,30-,44?/m0/s1. The highest BCUT2D eigenvalue weighted by atomic mass is 31.2. The van der Waals surface area contributed by atoms with Crippen LogP contribution in [0.3, 0.4) is 0 Å². The molecule has 1 saturated heterocycles. The van der Waals surface area contributed by atoms with Gasteiger partial charge in [-0.2, -0.15) is 10.1 Å². The molecule has 1 unspecified atom stereocenters. The van der Waals surface area contributed by atoms with E-state index in [-0.39, 0.29) is 37.9 Å². The normalized spacial score (nSPS) is 18.5. The van der Waals surface area contributed by atoms with Gasteiger partial charge in [0.2, 0.25) is 0 Å². The van der Waals surface area contributed by atoms with E-state index < -0.39 is 38.0 Å². The van der Waals surface area contributed by atoms with Gasteiger partial charge in [0.05, 0.1) is 13.2 Å². The van der Waals surface area contributed by atoms with Gasteiger partial charge in [-0.3, -0.25) is 13.9 Å². The third kappa shape index (κ3) is 10.1. The van der Waals surface area contributed by atoms with Crippen LogP contribution in [0.1, 0.15) is 57.0 Å². The predicted octanol–water partition coefficient (Wildman–Crippen LogP) is 5.59. The Morgan fingerprint density at radius 3 is 2.41 bits per heavy atom. The number of aryl methyl sites for hydroxylation is 1. The summed E-state index contributed by atoms with van der Waals surface area (Å²) in [7, 11) is -4.21. The van der Waals surface area contributed by atoms with Crippen molar-refractivity contribution in [1.82, 2.24) is 14.6 Å². The highest BCUT2D eigenvalue weighted by molar-refractivity contribution is 7.52. The van der Waals surface area contributed by atoms with E-state index in [2.05, 4.69) is 23.9 Å². The van der Waals surface area contributed by atoms with Crippen molar-refractivity contribution in [3.63, 3.8) is 0 Å². The summed E-state index contributed by atoms with van der Waals surface area (Å²) in [6.45, 7) is 5.97. The Balaban J connectivity index is 1.50. The van der Waals surface area contributed by atoms with Crippen molar-refractivity contribution in [1.29, 1.82) is 0 Å². The van der Waals surface area contributed by atoms with E-state index in [0.29, 0.717) is 5.69 Å². The molecule has 2 heterocycles. The first-order valence-corrected chi connectivity index (χ1v) is 16.6. The summed E-state index contributed by atoms with van der Waals surface area (Å²) in [5.74, 6) is -0.0217. The van der Waals surface area contributed by atoms with E-state index in [9.17, 15) is 14.2 Å². The fourth-order valence-corrected chi connectivity index (χ4v) is 6.39. The highest BCUT2D eigenvalue weighted by Crippen LogP contribution is 2.45. The summed E-state index contributed by atoms with van der Waals surface area (Å²) < 4.78 is 44.6. The maximum Gasteiger partial charge on any atom is 0.459 e. The van der Waals surface area contributed by atoms with Gasteiger partial charge in [0.1, 0.15) is 18.4 Å². The average molecular weight is 628 g/mol. The number of carbonyl (C=O) groups is 1. The summed E-state index contributed by atoms with van der Waals surface area (Å²) >= 11 is 0. The molecular formula is C32H42N3O8P. The van der Waals surface area contributed by atoms with E-state index in [1.165, 1.54) is 4.57 Å². The van der Waals surface area contributed by atoms with Crippen molar-refractivity contribution in [3.05, 3.63) is 94.7 Å². The Morgan fingerprint density at radius 2 is 1.75 bits per heavy atom. The third-order valence-electron chi connectivity index (χ3n) is 7.10. The van der Waals surface area contributed by atoms with E-state index in [4.69, 9.17) is 23.3 Å². The number of carbonyl (C=O) groups excluding carboxylic acids is 1. The zero-order valence-corrected chi connectivity index (χ0v) is 26.4. The topological polar surface area (TPSA) is 127 Å².